The first-order chi connectivity index (χ1) is 9.60. The molecule has 0 bridgehead atoms. The summed E-state index contributed by atoms with van der Waals surface area (Å²) in [5.41, 5.74) is 1.91. The first-order valence-corrected chi connectivity index (χ1v) is 7.12. The van der Waals surface area contributed by atoms with Gasteiger partial charge in [0.1, 0.15) is 6.04 Å². The Morgan fingerprint density at radius 1 is 1.25 bits per heavy atom. The van der Waals surface area contributed by atoms with Crippen molar-refractivity contribution in [2.24, 2.45) is 0 Å². The predicted octanol–water partition coefficient (Wildman–Crippen LogP) is 2.12. The fourth-order valence-electron chi connectivity index (χ4n) is 2.57. The standard InChI is InChI=1S/C16H21NO3/c1-3-20-16(19)15-9-8-14(17-15)10-12-4-6-13(7-5-12)11(2)18/h4-7,14-15,17H,3,8-10H2,1-2H3/t14-,15+/m0/s1. The minimum absolute atomic E-state index is 0.0814. The first-order valence-electron chi connectivity index (χ1n) is 7.12. The van der Waals surface area contributed by atoms with Crippen LogP contribution in [-0.4, -0.2) is 30.4 Å². The smallest absolute Gasteiger partial charge is 0.323 e. The lowest BCUT2D eigenvalue weighted by Gasteiger charge is -2.13. The summed E-state index contributed by atoms with van der Waals surface area (Å²) in [6, 6.07) is 7.81. The number of rotatable bonds is 5. The largest absolute Gasteiger partial charge is 0.465 e. The number of hydrogen-bond acceptors (Lipinski definition) is 4. The summed E-state index contributed by atoms with van der Waals surface area (Å²) >= 11 is 0. The van der Waals surface area contributed by atoms with Gasteiger partial charge >= 0.3 is 5.97 Å². The van der Waals surface area contributed by atoms with E-state index in [-0.39, 0.29) is 17.8 Å². The molecule has 1 aliphatic heterocycles. The van der Waals surface area contributed by atoms with Crippen LogP contribution in [0.2, 0.25) is 0 Å². The number of carbonyl (C=O) groups excluding carboxylic acids is 2. The van der Waals surface area contributed by atoms with E-state index in [4.69, 9.17) is 4.74 Å². The van der Waals surface area contributed by atoms with Crippen molar-refractivity contribution in [3.8, 4) is 0 Å². The Balaban J connectivity index is 1.88. The normalized spacial score (nSPS) is 21.7. The Morgan fingerprint density at radius 2 is 1.95 bits per heavy atom. The zero-order chi connectivity index (χ0) is 14.5. The molecule has 0 amide bonds. The number of Topliss-reactive ketones (excluding diaryl/α,β-unsaturated/α-hetero) is 1. The lowest BCUT2D eigenvalue weighted by Crippen LogP contribution is -2.37. The van der Waals surface area contributed by atoms with Crippen LogP contribution in [0.5, 0.6) is 0 Å². The van der Waals surface area contributed by atoms with Gasteiger partial charge in [0.2, 0.25) is 0 Å². The zero-order valence-corrected chi connectivity index (χ0v) is 12.0. The number of carbonyl (C=O) groups is 2. The van der Waals surface area contributed by atoms with E-state index >= 15 is 0 Å². The van der Waals surface area contributed by atoms with Crippen molar-refractivity contribution >= 4 is 11.8 Å². The van der Waals surface area contributed by atoms with Gasteiger partial charge in [-0.3, -0.25) is 9.59 Å². The highest BCUT2D eigenvalue weighted by Gasteiger charge is 2.29. The molecule has 0 unspecified atom stereocenters. The Kier molecular flexibility index (Phi) is 4.90. The lowest BCUT2D eigenvalue weighted by molar-refractivity contribution is -0.145. The van der Waals surface area contributed by atoms with Gasteiger partial charge in [0.15, 0.2) is 5.78 Å². The molecule has 4 heteroatoms. The van der Waals surface area contributed by atoms with Crippen LogP contribution in [0, 0.1) is 0 Å². The Bertz CT molecular complexity index is 481. The second-order valence-electron chi connectivity index (χ2n) is 5.20. The van der Waals surface area contributed by atoms with E-state index in [0.717, 1.165) is 24.8 Å². The van der Waals surface area contributed by atoms with Crippen molar-refractivity contribution in [2.75, 3.05) is 6.61 Å². The van der Waals surface area contributed by atoms with E-state index in [1.165, 1.54) is 5.56 Å². The van der Waals surface area contributed by atoms with Crippen molar-refractivity contribution < 1.29 is 14.3 Å². The van der Waals surface area contributed by atoms with Gasteiger partial charge in [0.05, 0.1) is 6.61 Å². The maximum absolute atomic E-state index is 11.6. The van der Waals surface area contributed by atoms with Crippen LogP contribution in [0.4, 0.5) is 0 Å². The lowest BCUT2D eigenvalue weighted by atomic mass is 10.0. The van der Waals surface area contributed by atoms with Crippen molar-refractivity contribution in [1.82, 2.24) is 5.32 Å². The number of ether oxygens (including phenoxy) is 1. The van der Waals surface area contributed by atoms with E-state index in [1.54, 1.807) is 6.92 Å². The summed E-state index contributed by atoms with van der Waals surface area (Å²) in [6.45, 7) is 3.81. The third kappa shape index (κ3) is 3.67. The average Bonchev–Trinajstić information content (AvgIpc) is 2.88. The molecule has 108 valence electrons. The topological polar surface area (TPSA) is 55.4 Å². The molecule has 0 saturated carbocycles. The molecule has 1 aromatic carbocycles. The molecule has 1 heterocycles. The fraction of sp³-hybridized carbons (Fsp3) is 0.500. The maximum atomic E-state index is 11.6. The van der Waals surface area contributed by atoms with Crippen LogP contribution in [0.25, 0.3) is 0 Å². The van der Waals surface area contributed by atoms with Crippen LogP contribution in [0.3, 0.4) is 0 Å². The highest BCUT2D eigenvalue weighted by atomic mass is 16.5. The average molecular weight is 275 g/mol. The molecule has 1 aliphatic rings. The molecule has 1 fully saturated rings. The second kappa shape index (κ2) is 6.66. The molecule has 2 atom stereocenters. The summed E-state index contributed by atoms with van der Waals surface area (Å²) in [5.74, 6) is -0.0696. The first kappa shape index (κ1) is 14.7. The van der Waals surface area contributed by atoms with Gasteiger partial charge in [-0.15, -0.1) is 0 Å². The molecular weight excluding hydrogens is 254 g/mol. The summed E-state index contributed by atoms with van der Waals surface area (Å²) in [7, 11) is 0. The summed E-state index contributed by atoms with van der Waals surface area (Å²) in [5, 5.41) is 3.32. The summed E-state index contributed by atoms with van der Waals surface area (Å²) in [6.07, 6.45) is 2.67. The molecule has 0 aromatic heterocycles. The third-order valence-electron chi connectivity index (χ3n) is 3.65. The maximum Gasteiger partial charge on any atom is 0.323 e. The monoisotopic (exact) mass is 275 g/mol. The molecule has 4 nitrogen and oxygen atoms in total. The Hall–Kier alpha value is -1.68. The third-order valence-corrected chi connectivity index (χ3v) is 3.65. The van der Waals surface area contributed by atoms with Crippen LogP contribution >= 0.6 is 0 Å². The van der Waals surface area contributed by atoms with E-state index < -0.39 is 0 Å². The number of ketones is 1. The van der Waals surface area contributed by atoms with Crippen molar-refractivity contribution in [1.29, 1.82) is 0 Å². The van der Waals surface area contributed by atoms with Gasteiger partial charge in [-0.1, -0.05) is 24.3 Å². The van der Waals surface area contributed by atoms with Gasteiger partial charge in [0.25, 0.3) is 0 Å². The number of hydrogen-bond donors (Lipinski definition) is 1. The minimum atomic E-state index is -0.170. The predicted molar refractivity (Wildman–Crippen MR) is 76.7 cm³/mol. The molecule has 20 heavy (non-hydrogen) atoms. The molecule has 0 aliphatic carbocycles. The zero-order valence-electron chi connectivity index (χ0n) is 12.0. The van der Waals surface area contributed by atoms with Gasteiger partial charge < -0.3 is 10.1 Å². The fourth-order valence-corrected chi connectivity index (χ4v) is 2.57. The summed E-state index contributed by atoms with van der Waals surface area (Å²) in [4.78, 5) is 22.9. The van der Waals surface area contributed by atoms with E-state index in [1.807, 2.05) is 31.2 Å². The highest BCUT2D eigenvalue weighted by Crippen LogP contribution is 2.18. The van der Waals surface area contributed by atoms with Crippen molar-refractivity contribution in [3.05, 3.63) is 35.4 Å². The molecule has 2 rings (SSSR count). The number of benzene rings is 1. The molecule has 1 saturated heterocycles. The summed E-state index contributed by atoms with van der Waals surface area (Å²) < 4.78 is 5.03. The Morgan fingerprint density at radius 3 is 2.55 bits per heavy atom. The van der Waals surface area contributed by atoms with Gasteiger partial charge in [-0.2, -0.15) is 0 Å². The Labute approximate surface area is 119 Å². The van der Waals surface area contributed by atoms with Gasteiger partial charge in [-0.05, 0) is 38.7 Å². The minimum Gasteiger partial charge on any atom is -0.465 e. The van der Waals surface area contributed by atoms with Crippen molar-refractivity contribution in [2.45, 2.75) is 45.2 Å². The van der Waals surface area contributed by atoms with Crippen LogP contribution in [-0.2, 0) is 16.0 Å². The number of esters is 1. The highest BCUT2D eigenvalue weighted by molar-refractivity contribution is 5.94. The van der Waals surface area contributed by atoms with Gasteiger partial charge in [-0.25, -0.2) is 0 Å². The van der Waals surface area contributed by atoms with E-state index in [2.05, 4.69) is 5.32 Å². The SMILES string of the molecule is CCOC(=O)[C@H]1CC[C@@H](Cc2ccc(C(C)=O)cc2)N1. The molecule has 1 aromatic rings. The molecule has 1 N–H and O–H groups in total. The van der Waals surface area contributed by atoms with Crippen LogP contribution in [0.1, 0.15) is 42.6 Å². The van der Waals surface area contributed by atoms with E-state index in [9.17, 15) is 9.59 Å². The molecule has 0 radical (unpaired) electrons. The number of nitrogens with one attached hydrogen (secondary N) is 1. The van der Waals surface area contributed by atoms with Crippen LogP contribution in [0.15, 0.2) is 24.3 Å². The van der Waals surface area contributed by atoms with Crippen LogP contribution < -0.4 is 5.32 Å². The second-order valence-corrected chi connectivity index (χ2v) is 5.20. The van der Waals surface area contributed by atoms with Crippen molar-refractivity contribution in [3.63, 3.8) is 0 Å². The molecular formula is C16H21NO3. The van der Waals surface area contributed by atoms with E-state index in [0.29, 0.717) is 12.6 Å². The quantitative estimate of drug-likeness (QED) is 0.660. The van der Waals surface area contributed by atoms with Gasteiger partial charge in [0, 0.05) is 11.6 Å². The molecule has 0 spiro atoms.